The first-order chi connectivity index (χ1) is 8.22. The Morgan fingerprint density at radius 3 is 2.94 bits per heavy atom. The maximum atomic E-state index is 11.9. The number of halogens is 1. The third-order valence-electron chi connectivity index (χ3n) is 3.62. The predicted octanol–water partition coefficient (Wildman–Crippen LogP) is 1.23. The molecule has 4 nitrogen and oxygen atoms in total. The molecule has 0 aromatic carbocycles. The fourth-order valence-corrected chi connectivity index (χ4v) is 2.81. The van der Waals surface area contributed by atoms with Crippen molar-refractivity contribution in [2.75, 3.05) is 25.5 Å². The van der Waals surface area contributed by atoms with Gasteiger partial charge in [0.1, 0.15) is 0 Å². The van der Waals surface area contributed by atoms with E-state index in [1.807, 2.05) is 9.80 Å². The van der Waals surface area contributed by atoms with Crippen LogP contribution in [0.5, 0.6) is 0 Å². The van der Waals surface area contributed by atoms with Gasteiger partial charge in [0.25, 0.3) is 0 Å². The molecular formula is C12H19ClN2O2. The van der Waals surface area contributed by atoms with Crippen molar-refractivity contribution < 1.29 is 9.59 Å². The monoisotopic (exact) mass is 258 g/mol. The van der Waals surface area contributed by atoms with Crippen molar-refractivity contribution >= 4 is 23.4 Å². The first-order valence-corrected chi connectivity index (χ1v) is 6.89. The Kier molecular flexibility index (Phi) is 4.26. The van der Waals surface area contributed by atoms with Crippen LogP contribution in [-0.4, -0.2) is 53.2 Å². The van der Waals surface area contributed by atoms with Crippen LogP contribution in [0.15, 0.2) is 0 Å². The summed E-state index contributed by atoms with van der Waals surface area (Å²) in [6, 6.07) is 0.272. The fourth-order valence-electron chi connectivity index (χ4n) is 2.62. The van der Waals surface area contributed by atoms with Crippen molar-refractivity contribution in [1.29, 1.82) is 0 Å². The Labute approximate surface area is 107 Å². The molecule has 2 heterocycles. The van der Waals surface area contributed by atoms with Crippen molar-refractivity contribution in [2.45, 2.75) is 38.1 Å². The lowest BCUT2D eigenvalue weighted by molar-refractivity contribution is -0.139. The van der Waals surface area contributed by atoms with Gasteiger partial charge in [0.2, 0.25) is 11.8 Å². The third kappa shape index (κ3) is 2.92. The van der Waals surface area contributed by atoms with Gasteiger partial charge in [-0.15, -0.1) is 11.6 Å². The first-order valence-electron chi connectivity index (χ1n) is 6.35. The molecule has 0 aromatic heterocycles. The van der Waals surface area contributed by atoms with E-state index in [4.69, 9.17) is 11.6 Å². The van der Waals surface area contributed by atoms with Gasteiger partial charge >= 0.3 is 0 Å². The highest BCUT2D eigenvalue weighted by molar-refractivity contribution is 6.17. The SMILES string of the molecule is O=C(CCCCCl)N1CCN2C(=O)CCC2C1. The number of hydrogen-bond donors (Lipinski definition) is 0. The van der Waals surface area contributed by atoms with Crippen LogP contribution >= 0.6 is 11.6 Å². The van der Waals surface area contributed by atoms with E-state index >= 15 is 0 Å². The molecule has 2 aliphatic rings. The van der Waals surface area contributed by atoms with Crippen molar-refractivity contribution in [3.63, 3.8) is 0 Å². The van der Waals surface area contributed by atoms with E-state index in [0.29, 0.717) is 31.8 Å². The molecule has 0 radical (unpaired) electrons. The molecule has 1 atom stereocenters. The number of alkyl halides is 1. The van der Waals surface area contributed by atoms with Gasteiger partial charge in [-0.2, -0.15) is 0 Å². The molecule has 0 bridgehead atoms. The highest BCUT2D eigenvalue weighted by Crippen LogP contribution is 2.23. The summed E-state index contributed by atoms with van der Waals surface area (Å²) in [5.41, 5.74) is 0. The summed E-state index contributed by atoms with van der Waals surface area (Å²) >= 11 is 5.59. The number of amides is 2. The molecule has 1 unspecified atom stereocenters. The Morgan fingerprint density at radius 2 is 2.18 bits per heavy atom. The summed E-state index contributed by atoms with van der Waals surface area (Å²) in [7, 11) is 0. The molecule has 5 heteroatoms. The quantitative estimate of drug-likeness (QED) is 0.562. The molecule has 0 N–H and O–H groups in total. The van der Waals surface area contributed by atoms with E-state index in [2.05, 4.69) is 0 Å². The predicted molar refractivity (Wildman–Crippen MR) is 65.9 cm³/mol. The summed E-state index contributed by atoms with van der Waals surface area (Å²) in [4.78, 5) is 27.3. The highest BCUT2D eigenvalue weighted by atomic mass is 35.5. The van der Waals surface area contributed by atoms with Crippen molar-refractivity contribution in [3.05, 3.63) is 0 Å². The third-order valence-corrected chi connectivity index (χ3v) is 3.89. The Balaban J connectivity index is 1.80. The summed E-state index contributed by atoms with van der Waals surface area (Å²) in [5, 5.41) is 0. The minimum absolute atomic E-state index is 0.217. The molecule has 96 valence electrons. The number of nitrogens with zero attached hydrogens (tertiary/aromatic N) is 2. The summed E-state index contributed by atoms with van der Waals surface area (Å²) in [6.07, 6.45) is 3.91. The molecular weight excluding hydrogens is 240 g/mol. The second-order valence-electron chi connectivity index (χ2n) is 4.77. The Bertz CT molecular complexity index is 309. The Morgan fingerprint density at radius 1 is 1.35 bits per heavy atom. The van der Waals surface area contributed by atoms with Crippen LogP contribution < -0.4 is 0 Å². The van der Waals surface area contributed by atoms with Crippen LogP contribution in [0.1, 0.15) is 32.1 Å². The first kappa shape index (κ1) is 12.7. The average Bonchev–Trinajstić information content (AvgIpc) is 2.71. The number of hydrogen-bond acceptors (Lipinski definition) is 2. The van der Waals surface area contributed by atoms with Crippen LogP contribution in [-0.2, 0) is 9.59 Å². The molecule has 0 saturated carbocycles. The minimum Gasteiger partial charge on any atom is -0.339 e. The standard InChI is InChI=1S/C12H19ClN2O2/c13-6-2-1-3-11(16)14-7-8-15-10(9-14)4-5-12(15)17/h10H,1-9H2. The number of rotatable bonds is 4. The topological polar surface area (TPSA) is 40.6 Å². The maximum Gasteiger partial charge on any atom is 0.223 e. The summed E-state index contributed by atoms with van der Waals surface area (Å²) in [6.45, 7) is 2.14. The van der Waals surface area contributed by atoms with Crippen molar-refractivity contribution in [2.24, 2.45) is 0 Å². The number of unbranched alkanes of at least 4 members (excludes halogenated alkanes) is 1. The number of fused-ring (bicyclic) bond motifs is 1. The number of carbonyl (C=O) groups excluding carboxylic acids is 2. The van der Waals surface area contributed by atoms with E-state index < -0.39 is 0 Å². The minimum atomic E-state index is 0.217. The van der Waals surface area contributed by atoms with Crippen LogP contribution in [0.3, 0.4) is 0 Å². The molecule has 2 amide bonds. The molecule has 2 fully saturated rings. The van der Waals surface area contributed by atoms with Gasteiger partial charge in [-0.3, -0.25) is 9.59 Å². The average molecular weight is 259 g/mol. The molecule has 2 rings (SSSR count). The van der Waals surface area contributed by atoms with Gasteiger partial charge in [-0.25, -0.2) is 0 Å². The van der Waals surface area contributed by atoms with Gasteiger partial charge in [0, 0.05) is 44.4 Å². The highest BCUT2D eigenvalue weighted by Gasteiger charge is 2.36. The molecule has 0 aliphatic carbocycles. The number of piperazine rings is 1. The van der Waals surface area contributed by atoms with E-state index in [1.165, 1.54) is 0 Å². The van der Waals surface area contributed by atoms with Crippen LogP contribution in [0, 0.1) is 0 Å². The normalized spacial score (nSPS) is 24.1. The van der Waals surface area contributed by atoms with Crippen LogP contribution in [0.2, 0.25) is 0 Å². The second kappa shape index (κ2) is 5.71. The van der Waals surface area contributed by atoms with Gasteiger partial charge in [-0.1, -0.05) is 0 Å². The zero-order valence-corrected chi connectivity index (χ0v) is 10.8. The van der Waals surface area contributed by atoms with Gasteiger partial charge < -0.3 is 9.80 Å². The molecule has 0 aromatic rings. The van der Waals surface area contributed by atoms with Gasteiger partial charge in [-0.05, 0) is 19.3 Å². The smallest absolute Gasteiger partial charge is 0.223 e. The van der Waals surface area contributed by atoms with Crippen molar-refractivity contribution in [1.82, 2.24) is 9.80 Å². The molecule has 2 saturated heterocycles. The lowest BCUT2D eigenvalue weighted by Gasteiger charge is -2.37. The second-order valence-corrected chi connectivity index (χ2v) is 5.14. The molecule has 2 aliphatic heterocycles. The lowest BCUT2D eigenvalue weighted by atomic mass is 10.1. The van der Waals surface area contributed by atoms with Gasteiger partial charge in [0.05, 0.1) is 0 Å². The Hall–Kier alpha value is -0.770. The van der Waals surface area contributed by atoms with Crippen LogP contribution in [0.25, 0.3) is 0 Å². The fraction of sp³-hybridized carbons (Fsp3) is 0.833. The molecule has 0 spiro atoms. The van der Waals surface area contributed by atoms with E-state index in [9.17, 15) is 9.59 Å². The lowest BCUT2D eigenvalue weighted by Crippen LogP contribution is -2.53. The summed E-state index contributed by atoms with van der Waals surface area (Å²) < 4.78 is 0. The van der Waals surface area contributed by atoms with E-state index in [1.54, 1.807) is 0 Å². The maximum absolute atomic E-state index is 11.9. The van der Waals surface area contributed by atoms with Crippen LogP contribution in [0.4, 0.5) is 0 Å². The van der Waals surface area contributed by atoms with E-state index in [0.717, 1.165) is 25.8 Å². The molecule has 17 heavy (non-hydrogen) atoms. The zero-order valence-electron chi connectivity index (χ0n) is 10.0. The largest absolute Gasteiger partial charge is 0.339 e. The zero-order chi connectivity index (χ0) is 12.3. The number of carbonyl (C=O) groups is 2. The summed E-state index contributed by atoms with van der Waals surface area (Å²) in [5.74, 6) is 1.09. The van der Waals surface area contributed by atoms with Gasteiger partial charge in [0.15, 0.2) is 0 Å². The van der Waals surface area contributed by atoms with Crippen molar-refractivity contribution in [3.8, 4) is 0 Å². The van der Waals surface area contributed by atoms with E-state index in [-0.39, 0.29) is 17.9 Å².